The molecule has 7 nitrogen and oxygen atoms in total. The van der Waals surface area contributed by atoms with E-state index in [4.69, 9.17) is 4.74 Å². The molecule has 3 aromatic rings. The number of hydrogen-bond donors (Lipinski definition) is 1. The lowest BCUT2D eigenvalue weighted by atomic mass is 10.0. The Morgan fingerprint density at radius 1 is 1.09 bits per heavy atom. The predicted octanol–water partition coefficient (Wildman–Crippen LogP) is 4.55. The zero-order valence-electron chi connectivity index (χ0n) is 18.1. The lowest BCUT2D eigenvalue weighted by Crippen LogP contribution is -2.12. The summed E-state index contributed by atoms with van der Waals surface area (Å²) in [4.78, 5) is 8.14. The topological polar surface area (TPSA) is 105 Å². The molecule has 1 N–H and O–H groups in total. The van der Waals surface area contributed by atoms with E-state index in [2.05, 4.69) is 14.7 Å². The third-order valence-corrected chi connectivity index (χ3v) is 5.18. The number of nitrogens with one attached hydrogen (secondary N) is 1. The molecule has 11 heteroatoms. The van der Waals surface area contributed by atoms with Crippen molar-refractivity contribution in [2.75, 3.05) is 17.6 Å². The third kappa shape index (κ3) is 7.54. The number of nitriles is 1. The van der Waals surface area contributed by atoms with E-state index in [1.165, 1.54) is 12.1 Å². The molecule has 0 spiro atoms. The van der Waals surface area contributed by atoms with Crippen molar-refractivity contribution < 1.29 is 26.3 Å². The van der Waals surface area contributed by atoms with Crippen LogP contribution in [0.4, 0.5) is 18.9 Å². The second-order valence-corrected chi connectivity index (χ2v) is 9.24. The standard InChI is InChI=1S/C23H21F3N4O3S/c1-34(31,32)30-20-11-17(10-18(12-20)23(24,25)26)21-13-19(28-22(14-27)29-21)8-5-9-33-15-16-6-3-2-4-7-16/h2-4,6-7,10-13,30H,5,8-9,15H2,1H3. The van der Waals surface area contributed by atoms with Crippen molar-refractivity contribution in [3.8, 4) is 17.3 Å². The highest BCUT2D eigenvalue weighted by Crippen LogP contribution is 2.35. The minimum atomic E-state index is -4.71. The second kappa shape index (κ2) is 10.6. The van der Waals surface area contributed by atoms with Crippen molar-refractivity contribution in [1.29, 1.82) is 5.26 Å². The zero-order valence-corrected chi connectivity index (χ0v) is 18.9. The molecule has 0 fully saturated rings. The number of sulfonamides is 1. The Bertz CT molecular complexity index is 1290. The van der Waals surface area contributed by atoms with Crippen LogP contribution in [0, 0.1) is 11.3 Å². The molecule has 1 heterocycles. The van der Waals surface area contributed by atoms with Crippen LogP contribution in [0.25, 0.3) is 11.3 Å². The highest BCUT2D eigenvalue weighted by Gasteiger charge is 2.31. The summed E-state index contributed by atoms with van der Waals surface area (Å²) in [5.41, 5.74) is 0.252. The molecule has 0 aliphatic rings. The molecule has 0 aliphatic carbocycles. The summed E-state index contributed by atoms with van der Waals surface area (Å²) < 4.78 is 71.0. The van der Waals surface area contributed by atoms with Gasteiger partial charge in [0.2, 0.25) is 15.8 Å². The minimum Gasteiger partial charge on any atom is -0.377 e. The van der Waals surface area contributed by atoms with Gasteiger partial charge in [-0.05, 0) is 42.7 Å². The maximum atomic E-state index is 13.4. The molecule has 2 aromatic carbocycles. The smallest absolute Gasteiger partial charge is 0.377 e. The van der Waals surface area contributed by atoms with Crippen molar-refractivity contribution in [2.24, 2.45) is 0 Å². The third-order valence-electron chi connectivity index (χ3n) is 4.57. The fraction of sp³-hybridized carbons (Fsp3) is 0.261. The van der Waals surface area contributed by atoms with Gasteiger partial charge in [-0.15, -0.1) is 0 Å². The van der Waals surface area contributed by atoms with E-state index < -0.39 is 21.8 Å². The van der Waals surface area contributed by atoms with Gasteiger partial charge in [0.05, 0.1) is 24.1 Å². The van der Waals surface area contributed by atoms with E-state index in [0.29, 0.717) is 37.8 Å². The van der Waals surface area contributed by atoms with Crippen LogP contribution in [0.2, 0.25) is 0 Å². The Morgan fingerprint density at radius 3 is 2.47 bits per heavy atom. The summed E-state index contributed by atoms with van der Waals surface area (Å²) in [6.45, 7) is 0.863. The molecule has 178 valence electrons. The fourth-order valence-corrected chi connectivity index (χ4v) is 3.70. The fourth-order valence-electron chi connectivity index (χ4n) is 3.16. The molecule has 0 atom stereocenters. The Balaban J connectivity index is 1.81. The molecule has 0 saturated carbocycles. The number of nitrogens with zero attached hydrogens (tertiary/aromatic N) is 3. The number of ether oxygens (including phenoxy) is 1. The van der Waals surface area contributed by atoms with Crippen LogP contribution in [-0.4, -0.2) is 31.2 Å². The van der Waals surface area contributed by atoms with Crippen molar-refractivity contribution in [3.05, 3.63) is 77.2 Å². The van der Waals surface area contributed by atoms with Gasteiger partial charge in [-0.3, -0.25) is 4.72 Å². The van der Waals surface area contributed by atoms with Gasteiger partial charge in [-0.25, -0.2) is 18.4 Å². The number of hydrogen-bond acceptors (Lipinski definition) is 6. The van der Waals surface area contributed by atoms with Crippen molar-refractivity contribution in [1.82, 2.24) is 9.97 Å². The first-order valence-corrected chi connectivity index (χ1v) is 12.0. The van der Waals surface area contributed by atoms with Gasteiger partial charge >= 0.3 is 6.18 Å². The Morgan fingerprint density at radius 2 is 1.82 bits per heavy atom. The molecule has 0 aliphatic heterocycles. The average molecular weight is 491 g/mol. The number of alkyl halides is 3. The minimum absolute atomic E-state index is 0.00135. The highest BCUT2D eigenvalue weighted by atomic mass is 32.2. The van der Waals surface area contributed by atoms with Gasteiger partial charge in [0.1, 0.15) is 6.07 Å². The van der Waals surface area contributed by atoms with Gasteiger partial charge in [-0.2, -0.15) is 18.4 Å². The molecule has 34 heavy (non-hydrogen) atoms. The maximum absolute atomic E-state index is 13.4. The molecular weight excluding hydrogens is 469 g/mol. The van der Waals surface area contributed by atoms with Crippen LogP contribution in [-0.2, 0) is 34.0 Å². The second-order valence-electron chi connectivity index (χ2n) is 7.49. The van der Waals surface area contributed by atoms with Crippen LogP contribution in [0.1, 0.15) is 29.1 Å². The van der Waals surface area contributed by atoms with E-state index in [0.717, 1.165) is 17.9 Å². The van der Waals surface area contributed by atoms with Crippen LogP contribution in [0.5, 0.6) is 0 Å². The zero-order chi connectivity index (χ0) is 24.8. The quantitative estimate of drug-likeness (QED) is 0.441. The molecule has 0 radical (unpaired) electrons. The SMILES string of the molecule is CS(=O)(=O)Nc1cc(-c2cc(CCCOCc3ccccc3)nc(C#N)n2)cc(C(F)(F)F)c1. The van der Waals surface area contributed by atoms with Crippen molar-refractivity contribution in [2.45, 2.75) is 25.6 Å². The van der Waals surface area contributed by atoms with Crippen molar-refractivity contribution >= 4 is 15.7 Å². The largest absolute Gasteiger partial charge is 0.416 e. The van der Waals surface area contributed by atoms with Crippen LogP contribution in [0.15, 0.2) is 54.6 Å². The molecule has 0 unspecified atom stereocenters. The lowest BCUT2D eigenvalue weighted by molar-refractivity contribution is -0.137. The first-order valence-electron chi connectivity index (χ1n) is 10.1. The maximum Gasteiger partial charge on any atom is 0.416 e. The van der Waals surface area contributed by atoms with E-state index in [1.807, 2.05) is 36.4 Å². The Kier molecular flexibility index (Phi) is 7.86. The van der Waals surface area contributed by atoms with Gasteiger partial charge in [-0.1, -0.05) is 30.3 Å². The molecule has 0 amide bonds. The average Bonchev–Trinajstić information content (AvgIpc) is 2.77. The van der Waals surface area contributed by atoms with E-state index >= 15 is 0 Å². The summed E-state index contributed by atoms with van der Waals surface area (Å²) in [7, 11) is -3.81. The van der Waals surface area contributed by atoms with Gasteiger partial charge in [0.15, 0.2) is 0 Å². The molecule has 3 rings (SSSR count). The number of aryl methyl sites for hydroxylation is 1. The highest BCUT2D eigenvalue weighted by molar-refractivity contribution is 7.92. The predicted molar refractivity (Wildman–Crippen MR) is 120 cm³/mol. The number of benzene rings is 2. The van der Waals surface area contributed by atoms with E-state index in [-0.39, 0.29) is 22.8 Å². The number of aromatic nitrogens is 2. The Hall–Kier alpha value is -3.49. The van der Waals surface area contributed by atoms with Gasteiger partial charge < -0.3 is 4.74 Å². The summed E-state index contributed by atoms with van der Waals surface area (Å²) in [5.74, 6) is -0.201. The van der Waals surface area contributed by atoms with E-state index in [1.54, 1.807) is 0 Å². The lowest BCUT2D eigenvalue weighted by Gasteiger charge is -2.13. The van der Waals surface area contributed by atoms with Crippen molar-refractivity contribution in [3.63, 3.8) is 0 Å². The van der Waals surface area contributed by atoms with Gasteiger partial charge in [0, 0.05) is 23.6 Å². The molecule has 1 aromatic heterocycles. The summed E-state index contributed by atoms with van der Waals surface area (Å²) in [5, 5.41) is 9.29. The molecule has 0 saturated heterocycles. The summed E-state index contributed by atoms with van der Waals surface area (Å²) in [6.07, 6.45) is -2.90. The van der Waals surface area contributed by atoms with Crippen LogP contribution < -0.4 is 4.72 Å². The molecular formula is C23H21F3N4O3S. The van der Waals surface area contributed by atoms with E-state index in [9.17, 15) is 26.9 Å². The number of anilines is 1. The summed E-state index contributed by atoms with van der Waals surface area (Å²) >= 11 is 0. The molecule has 0 bridgehead atoms. The first-order chi connectivity index (χ1) is 16.0. The monoisotopic (exact) mass is 490 g/mol. The first kappa shape index (κ1) is 25.1. The summed E-state index contributed by atoms with van der Waals surface area (Å²) in [6, 6.07) is 15.7. The Labute approximate surface area is 195 Å². The normalized spacial score (nSPS) is 11.7. The number of rotatable bonds is 9. The van der Waals surface area contributed by atoms with Crippen LogP contribution in [0.3, 0.4) is 0 Å². The number of halogens is 3. The van der Waals surface area contributed by atoms with Crippen LogP contribution >= 0.6 is 0 Å². The van der Waals surface area contributed by atoms with Gasteiger partial charge in [0.25, 0.3) is 0 Å².